The topological polar surface area (TPSA) is 67.2 Å². The van der Waals surface area contributed by atoms with Crippen LogP contribution >= 0.6 is 0 Å². The summed E-state index contributed by atoms with van der Waals surface area (Å²) in [5.74, 6) is -0.00960. The lowest BCUT2D eigenvalue weighted by Crippen LogP contribution is -2.37. The number of nitrogens with one attached hydrogen (secondary N) is 1. The van der Waals surface area contributed by atoms with Gasteiger partial charge in [-0.1, -0.05) is 13.8 Å². The number of aromatic nitrogens is 2. The molecule has 2 N–H and O–H groups in total. The largest absolute Gasteiger partial charge is 0.481 e. The molecule has 1 rings (SSSR count). The molecule has 1 heterocycles. The molecule has 0 fully saturated rings. The van der Waals surface area contributed by atoms with E-state index in [9.17, 15) is 9.90 Å². The number of imidazole rings is 1. The summed E-state index contributed by atoms with van der Waals surface area (Å²) in [7, 11) is 0. The Hall–Kier alpha value is -1.52. The fraction of sp³-hybridized carbons (Fsp3) is 0.667. The molecular weight excluding hydrogens is 218 g/mol. The molecule has 0 radical (unpaired) electrons. The summed E-state index contributed by atoms with van der Waals surface area (Å²) in [5, 5.41) is 12.5. The van der Waals surface area contributed by atoms with E-state index in [1.54, 1.807) is 6.20 Å². The highest BCUT2D eigenvalue weighted by atomic mass is 16.4. The molecule has 0 aliphatic rings. The summed E-state index contributed by atoms with van der Waals surface area (Å²) in [6.45, 7) is 7.07. The number of nitrogens with zero attached hydrogens (tertiary/aromatic N) is 2. The number of aliphatic carboxylic acids is 1. The van der Waals surface area contributed by atoms with Crippen molar-refractivity contribution in [2.24, 2.45) is 5.41 Å². The predicted molar refractivity (Wildman–Crippen MR) is 67.0 cm³/mol. The maximum atomic E-state index is 11.3. The first-order valence-corrected chi connectivity index (χ1v) is 6.08. The van der Waals surface area contributed by atoms with Crippen molar-refractivity contribution in [3.63, 3.8) is 0 Å². The standard InChI is InChI=1S/C12H21N3O2/c1-4-12(5-2,10(16)17)9-14-11-13-7-8-15(11)6-3/h7-8H,4-6,9H2,1-3H3,(H,13,14)(H,16,17). The van der Waals surface area contributed by atoms with Crippen LogP contribution in [0.25, 0.3) is 0 Å². The van der Waals surface area contributed by atoms with Crippen molar-refractivity contribution in [3.8, 4) is 0 Å². The number of rotatable bonds is 7. The SMILES string of the molecule is CCn1ccnc1NCC(CC)(CC)C(=O)O. The Labute approximate surface area is 102 Å². The summed E-state index contributed by atoms with van der Waals surface area (Å²) in [6, 6.07) is 0. The van der Waals surface area contributed by atoms with E-state index in [1.165, 1.54) is 0 Å². The molecule has 0 spiro atoms. The van der Waals surface area contributed by atoms with Crippen LogP contribution in [0, 0.1) is 5.41 Å². The minimum atomic E-state index is -0.746. The molecule has 1 aromatic heterocycles. The zero-order valence-corrected chi connectivity index (χ0v) is 10.7. The predicted octanol–water partition coefficient (Wildman–Crippen LogP) is 2.21. The maximum absolute atomic E-state index is 11.3. The molecule has 96 valence electrons. The van der Waals surface area contributed by atoms with Gasteiger partial charge in [-0.2, -0.15) is 0 Å². The Bertz CT molecular complexity index is 370. The Morgan fingerprint density at radius 2 is 2.12 bits per heavy atom. The van der Waals surface area contributed by atoms with Gasteiger partial charge >= 0.3 is 5.97 Å². The number of carbonyl (C=O) groups is 1. The lowest BCUT2D eigenvalue weighted by molar-refractivity contribution is -0.148. The second-order valence-corrected chi connectivity index (χ2v) is 4.18. The molecule has 0 saturated heterocycles. The Morgan fingerprint density at radius 3 is 2.59 bits per heavy atom. The number of aryl methyl sites for hydroxylation is 1. The second-order valence-electron chi connectivity index (χ2n) is 4.18. The quantitative estimate of drug-likeness (QED) is 0.765. The molecular formula is C12H21N3O2. The zero-order valence-electron chi connectivity index (χ0n) is 10.7. The third kappa shape index (κ3) is 2.78. The fourth-order valence-electron chi connectivity index (χ4n) is 1.86. The Balaban J connectivity index is 2.74. The first-order valence-electron chi connectivity index (χ1n) is 6.08. The van der Waals surface area contributed by atoms with Gasteiger partial charge in [-0.3, -0.25) is 4.79 Å². The van der Waals surface area contributed by atoms with E-state index in [0.717, 1.165) is 12.5 Å². The molecule has 0 saturated carbocycles. The molecule has 0 unspecified atom stereocenters. The lowest BCUT2D eigenvalue weighted by atomic mass is 9.82. The van der Waals surface area contributed by atoms with Gasteiger partial charge in [0.25, 0.3) is 0 Å². The van der Waals surface area contributed by atoms with Crippen molar-refractivity contribution in [1.29, 1.82) is 0 Å². The van der Waals surface area contributed by atoms with Crippen molar-refractivity contribution < 1.29 is 9.90 Å². The van der Waals surface area contributed by atoms with Crippen LogP contribution in [-0.4, -0.2) is 27.2 Å². The van der Waals surface area contributed by atoms with E-state index in [-0.39, 0.29) is 0 Å². The smallest absolute Gasteiger partial charge is 0.311 e. The molecule has 5 nitrogen and oxygen atoms in total. The summed E-state index contributed by atoms with van der Waals surface area (Å²) in [4.78, 5) is 15.5. The highest BCUT2D eigenvalue weighted by Gasteiger charge is 2.34. The van der Waals surface area contributed by atoms with Crippen LogP contribution in [-0.2, 0) is 11.3 Å². The van der Waals surface area contributed by atoms with Crippen LogP contribution < -0.4 is 5.32 Å². The number of hydrogen-bond acceptors (Lipinski definition) is 3. The van der Waals surface area contributed by atoms with Gasteiger partial charge < -0.3 is 15.0 Å². The first-order chi connectivity index (χ1) is 8.09. The van der Waals surface area contributed by atoms with E-state index in [4.69, 9.17) is 0 Å². The van der Waals surface area contributed by atoms with Crippen LogP contribution in [0.3, 0.4) is 0 Å². The molecule has 0 atom stereocenters. The highest BCUT2D eigenvalue weighted by molar-refractivity contribution is 5.75. The van der Waals surface area contributed by atoms with Gasteiger partial charge in [-0.15, -0.1) is 0 Å². The molecule has 0 amide bonds. The summed E-state index contributed by atoms with van der Waals surface area (Å²) < 4.78 is 1.96. The van der Waals surface area contributed by atoms with Crippen LogP contribution in [0.2, 0.25) is 0 Å². The van der Waals surface area contributed by atoms with E-state index < -0.39 is 11.4 Å². The van der Waals surface area contributed by atoms with E-state index >= 15 is 0 Å². The van der Waals surface area contributed by atoms with Gasteiger partial charge in [0.2, 0.25) is 5.95 Å². The molecule has 0 aromatic carbocycles. The zero-order chi connectivity index (χ0) is 12.9. The molecule has 0 aliphatic carbocycles. The fourth-order valence-corrected chi connectivity index (χ4v) is 1.86. The highest BCUT2D eigenvalue weighted by Crippen LogP contribution is 2.27. The lowest BCUT2D eigenvalue weighted by Gasteiger charge is -2.27. The third-order valence-electron chi connectivity index (χ3n) is 3.45. The summed E-state index contributed by atoms with van der Waals surface area (Å²) >= 11 is 0. The van der Waals surface area contributed by atoms with Gasteiger partial charge in [-0.05, 0) is 19.8 Å². The van der Waals surface area contributed by atoms with Crippen molar-refractivity contribution in [2.45, 2.75) is 40.2 Å². The van der Waals surface area contributed by atoms with E-state index in [0.29, 0.717) is 19.4 Å². The molecule has 17 heavy (non-hydrogen) atoms. The Morgan fingerprint density at radius 1 is 1.47 bits per heavy atom. The number of carboxylic acids is 1. The van der Waals surface area contributed by atoms with Gasteiger partial charge in [0, 0.05) is 25.5 Å². The molecule has 5 heteroatoms. The minimum absolute atomic E-state index is 0.409. The van der Waals surface area contributed by atoms with Crippen LogP contribution in [0.5, 0.6) is 0 Å². The number of hydrogen-bond donors (Lipinski definition) is 2. The van der Waals surface area contributed by atoms with Crippen LogP contribution in [0.4, 0.5) is 5.95 Å². The molecule has 0 aliphatic heterocycles. The van der Waals surface area contributed by atoms with Crippen molar-refractivity contribution >= 4 is 11.9 Å². The van der Waals surface area contributed by atoms with Gasteiger partial charge in [0.15, 0.2) is 0 Å². The average Bonchev–Trinajstić information content (AvgIpc) is 2.78. The summed E-state index contributed by atoms with van der Waals surface area (Å²) in [5.41, 5.74) is -0.704. The normalized spacial score (nSPS) is 11.5. The van der Waals surface area contributed by atoms with Crippen LogP contribution in [0.1, 0.15) is 33.6 Å². The number of carboxylic acid groups (broad SMARTS) is 1. The maximum Gasteiger partial charge on any atom is 0.311 e. The Kier molecular flexibility index (Phi) is 4.54. The molecule has 1 aromatic rings. The first kappa shape index (κ1) is 13.5. The van der Waals surface area contributed by atoms with Crippen molar-refractivity contribution in [2.75, 3.05) is 11.9 Å². The van der Waals surface area contributed by atoms with Crippen molar-refractivity contribution in [3.05, 3.63) is 12.4 Å². The minimum Gasteiger partial charge on any atom is -0.481 e. The van der Waals surface area contributed by atoms with Gasteiger partial charge in [0.1, 0.15) is 0 Å². The van der Waals surface area contributed by atoms with Gasteiger partial charge in [0.05, 0.1) is 5.41 Å². The van der Waals surface area contributed by atoms with Gasteiger partial charge in [-0.25, -0.2) is 4.98 Å². The van der Waals surface area contributed by atoms with E-state index in [2.05, 4.69) is 10.3 Å². The van der Waals surface area contributed by atoms with Crippen LogP contribution in [0.15, 0.2) is 12.4 Å². The van der Waals surface area contributed by atoms with Crippen molar-refractivity contribution in [1.82, 2.24) is 9.55 Å². The average molecular weight is 239 g/mol. The second kappa shape index (κ2) is 5.70. The monoisotopic (exact) mass is 239 g/mol. The molecule has 0 bridgehead atoms. The third-order valence-corrected chi connectivity index (χ3v) is 3.45. The van der Waals surface area contributed by atoms with E-state index in [1.807, 2.05) is 31.5 Å². The summed E-state index contributed by atoms with van der Waals surface area (Å²) in [6.07, 6.45) is 4.81. The number of anilines is 1.